The molecule has 0 aromatic heterocycles. The van der Waals surface area contributed by atoms with Crippen LogP contribution in [0.2, 0.25) is 0 Å². The van der Waals surface area contributed by atoms with Crippen LogP contribution in [0.5, 0.6) is 0 Å². The van der Waals surface area contributed by atoms with Gasteiger partial charge in [0.05, 0.1) is 12.0 Å². The van der Waals surface area contributed by atoms with Crippen molar-refractivity contribution in [2.24, 2.45) is 17.8 Å². The van der Waals surface area contributed by atoms with Crippen molar-refractivity contribution >= 4 is 12.0 Å². The maximum atomic E-state index is 11.8. The number of carbonyl (C=O) groups excluding carboxylic acids is 1. The first-order valence-electron chi connectivity index (χ1n) is 6.83. The fraction of sp³-hybridized carbons (Fsp3) is 0.846. The fourth-order valence-corrected chi connectivity index (χ4v) is 3.38. The summed E-state index contributed by atoms with van der Waals surface area (Å²) >= 11 is 0. The van der Waals surface area contributed by atoms with Gasteiger partial charge in [-0.2, -0.15) is 0 Å². The van der Waals surface area contributed by atoms with Gasteiger partial charge in [0.2, 0.25) is 0 Å². The molecular formula is C13H22N2O4. The Bertz CT molecular complexity index is 361. The zero-order valence-corrected chi connectivity index (χ0v) is 11.4. The average molecular weight is 270 g/mol. The molecule has 0 aromatic rings. The maximum Gasteiger partial charge on any atom is 0.315 e. The van der Waals surface area contributed by atoms with Crippen molar-refractivity contribution in [1.29, 1.82) is 0 Å². The highest BCUT2D eigenvalue weighted by Crippen LogP contribution is 2.48. The molecule has 0 spiro atoms. The lowest BCUT2D eigenvalue weighted by molar-refractivity contribution is -0.144. The van der Waals surface area contributed by atoms with Crippen LogP contribution >= 0.6 is 0 Å². The number of hydrogen-bond acceptors (Lipinski definition) is 3. The number of amides is 2. The molecule has 2 fully saturated rings. The van der Waals surface area contributed by atoms with E-state index in [9.17, 15) is 14.7 Å². The Labute approximate surface area is 112 Å². The predicted molar refractivity (Wildman–Crippen MR) is 68.8 cm³/mol. The highest BCUT2D eigenvalue weighted by molar-refractivity contribution is 5.77. The van der Waals surface area contributed by atoms with Crippen molar-refractivity contribution in [1.82, 2.24) is 10.6 Å². The van der Waals surface area contributed by atoms with Crippen molar-refractivity contribution in [2.45, 2.75) is 38.3 Å². The van der Waals surface area contributed by atoms with E-state index >= 15 is 0 Å². The second kappa shape index (κ2) is 5.77. The van der Waals surface area contributed by atoms with Crippen LogP contribution < -0.4 is 10.6 Å². The molecule has 0 aliphatic heterocycles. The Hall–Kier alpha value is -1.30. The summed E-state index contributed by atoms with van der Waals surface area (Å²) in [6.45, 7) is 2.28. The van der Waals surface area contributed by atoms with E-state index in [4.69, 9.17) is 4.74 Å². The van der Waals surface area contributed by atoms with E-state index in [2.05, 4.69) is 10.6 Å². The zero-order valence-electron chi connectivity index (χ0n) is 11.4. The molecule has 6 heteroatoms. The third-order valence-corrected chi connectivity index (χ3v) is 4.45. The quantitative estimate of drug-likeness (QED) is 0.690. The molecule has 5 unspecified atom stereocenters. The first kappa shape index (κ1) is 14.1. The molecule has 2 saturated carbocycles. The monoisotopic (exact) mass is 270 g/mol. The van der Waals surface area contributed by atoms with Crippen molar-refractivity contribution in [2.75, 3.05) is 13.7 Å². The minimum atomic E-state index is -0.789. The zero-order chi connectivity index (χ0) is 14.0. The van der Waals surface area contributed by atoms with Gasteiger partial charge in [-0.15, -0.1) is 0 Å². The summed E-state index contributed by atoms with van der Waals surface area (Å²) < 4.78 is 5.04. The minimum Gasteiger partial charge on any atom is -0.481 e. The van der Waals surface area contributed by atoms with Crippen LogP contribution in [0.15, 0.2) is 0 Å². The summed E-state index contributed by atoms with van der Waals surface area (Å²) in [7, 11) is 1.58. The van der Waals surface area contributed by atoms with Crippen LogP contribution in [-0.4, -0.2) is 42.9 Å². The fourth-order valence-electron chi connectivity index (χ4n) is 3.38. The molecule has 2 rings (SSSR count). The van der Waals surface area contributed by atoms with Gasteiger partial charge >= 0.3 is 12.0 Å². The van der Waals surface area contributed by atoms with Gasteiger partial charge in [0, 0.05) is 19.7 Å². The average Bonchev–Trinajstić information content (AvgIpc) is 2.96. The third-order valence-electron chi connectivity index (χ3n) is 4.45. The van der Waals surface area contributed by atoms with Gasteiger partial charge in [0.15, 0.2) is 0 Å². The Morgan fingerprint density at radius 2 is 2.05 bits per heavy atom. The van der Waals surface area contributed by atoms with Crippen molar-refractivity contribution < 1.29 is 19.4 Å². The normalized spacial score (nSPS) is 34.0. The second-order valence-corrected chi connectivity index (χ2v) is 5.62. The molecular weight excluding hydrogens is 248 g/mol. The Kier molecular flexibility index (Phi) is 4.29. The van der Waals surface area contributed by atoms with Gasteiger partial charge in [0.25, 0.3) is 0 Å². The topological polar surface area (TPSA) is 87.7 Å². The molecule has 0 radical (unpaired) electrons. The van der Waals surface area contributed by atoms with E-state index in [0.29, 0.717) is 12.5 Å². The molecule has 0 heterocycles. The number of urea groups is 1. The minimum absolute atomic E-state index is 0.0546. The molecule has 0 aromatic carbocycles. The predicted octanol–water partition coefficient (Wildman–Crippen LogP) is 0.820. The second-order valence-electron chi connectivity index (χ2n) is 5.62. The van der Waals surface area contributed by atoms with E-state index in [-0.39, 0.29) is 24.1 Å². The largest absolute Gasteiger partial charge is 0.481 e. The Morgan fingerprint density at radius 1 is 1.37 bits per heavy atom. The Balaban J connectivity index is 1.87. The van der Waals surface area contributed by atoms with Crippen molar-refractivity contribution in [3.05, 3.63) is 0 Å². The molecule has 0 saturated heterocycles. The van der Waals surface area contributed by atoms with Crippen LogP contribution in [0.4, 0.5) is 4.79 Å². The lowest BCUT2D eigenvalue weighted by Crippen LogP contribution is -2.51. The number of carboxylic acids is 1. The summed E-state index contributed by atoms with van der Waals surface area (Å²) in [5.74, 6) is -0.672. The van der Waals surface area contributed by atoms with Gasteiger partial charge in [0.1, 0.15) is 0 Å². The van der Waals surface area contributed by atoms with Gasteiger partial charge in [-0.3, -0.25) is 4.79 Å². The van der Waals surface area contributed by atoms with E-state index in [1.165, 1.54) is 0 Å². The van der Waals surface area contributed by atoms with E-state index in [1.807, 2.05) is 6.92 Å². The number of aliphatic carboxylic acids is 1. The van der Waals surface area contributed by atoms with Crippen LogP contribution in [0.25, 0.3) is 0 Å². The number of rotatable bonds is 5. The maximum absolute atomic E-state index is 11.8. The summed E-state index contributed by atoms with van der Waals surface area (Å²) in [5, 5.41) is 14.8. The lowest BCUT2D eigenvalue weighted by Gasteiger charge is -2.29. The van der Waals surface area contributed by atoms with Gasteiger partial charge in [-0.05, 0) is 38.0 Å². The number of fused-ring (bicyclic) bond motifs is 2. The van der Waals surface area contributed by atoms with Crippen molar-refractivity contribution in [3.8, 4) is 0 Å². The highest BCUT2D eigenvalue weighted by Gasteiger charge is 2.51. The van der Waals surface area contributed by atoms with Crippen LogP contribution in [0.3, 0.4) is 0 Å². The molecule has 2 amide bonds. The number of methoxy groups -OCH3 is 1. The van der Waals surface area contributed by atoms with Crippen LogP contribution in [0.1, 0.15) is 26.2 Å². The molecule has 3 N–H and O–H groups in total. The molecule has 19 heavy (non-hydrogen) atoms. The lowest BCUT2D eigenvalue weighted by atomic mass is 9.84. The molecule has 6 nitrogen and oxygen atoms in total. The van der Waals surface area contributed by atoms with Gasteiger partial charge in [-0.25, -0.2) is 4.79 Å². The molecule has 2 aliphatic rings. The molecule has 2 bridgehead atoms. The smallest absolute Gasteiger partial charge is 0.315 e. The van der Waals surface area contributed by atoms with E-state index in [0.717, 1.165) is 19.3 Å². The highest BCUT2D eigenvalue weighted by atomic mass is 16.5. The summed E-state index contributed by atoms with van der Waals surface area (Å²) in [6.07, 6.45) is 2.87. The Morgan fingerprint density at radius 3 is 2.68 bits per heavy atom. The van der Waals surface area contributed by atoms with Gasteiger partial charge in [-0.1, -0.05) is 0 Å². The number of hydrogen-bond donors (Lipinski definition) is 3. The molecule has 5 atom stereocenters. The van der Waals surface area contributed by atoms with E-state index in [1.54, 1.807) is 7.11 Å². The molecule has 108 valence electrons. The first-order valence-corrected chi connectivity index (χ1v) is 6.83. The van der Waals surface area contributed by atoms with E-state index < -0.39 is 11.9 Å². The molecule has 2 aliphatic carbocycles. The standard InChI is InChI=1S/C13H22N2O4/c1-7(19-2)6-14-13(18)15-11-9-4-3-8(5-9)10(11)12(16)17/h7-11H,3-6H2,1-2H3,(H,16,17)(H2,14,15,18). The number of ether oxygens (including phenoxy) is 1. The summed E-state index contributed by atoms with van der Waals surface area (Å²) in [6, 6.07) is -0.526. The summed E-state index contributed by atoms with van der Waals surface area (Å²) in [5.41, 5.74) is 0. The third kappa shape index (κ3) is 3.00. The van der Waals surface area contributed by atoms with Crippen molar-refractivity contribution in [3.63, 3.8) is 0 Å². The SMILES string of the molecule is COC(C)CNC(=O)NC1C2CCC(C2)C1C(=O)O. The number of carboxylic acid groups (broad SMARTS) is 1. The van der Waals surface area contributed by atoms with Crippen LogP contribution in [-0.2, 0) is 9.53 Å². The first-order chi connectivity index (χ1) is 9.02. The van der Waals surface area contributed by atoms with Gasteiger partial charge < -0.3 is 20.5 Å². The van der Waals surface area contributed by atoms with Crippen LogP contribution in [0, 0.1) is 17.8 Å². The number of carbonyl (C=O) groups is 2. The number of nitrogens with one attached hydrogen (secondary N) is 2. The summed E-state index contributed by atoms with van der Waals surface area (Å²) in [4.78, 5) is 23.1.